The normalized spacial score (nSPS) is 15.9. The number of benzene rings is 2. The second kappa shape index (κ2) is 12.0. The van der Waals surface area contributed by atoms with E-state index in [9.17, 15) is 4.79 Å². The molecule has 0 aliphatic carbocycles. The van der Waals surface area contributed by atoms with E-state index >= 15 is 0 Å². The van der Waals surface area contributed by atoms with Crippen molar-refractivity contribution in [2.75, 3.05) is 37.5 Å². The number of nitrogens with zero attached hydrogens (tertiary/aromatic N) is 2. The van der Waals surface area contributed by atoms with Gasteiger partial charge in [0, 0.05) is 48.3 Å². The third-order valence-electron chi connectivity index (χ3n) is 5.77. The molecule has 1 fully saturated rings. The lowest BCUT2D eigenvalue weighted by Crippen LogP contribution is -2.47. The Morgan fingerprint density at radius 2 is 1.94 bits per heavy atom. The summed E-state index contributed by atoms with van der Waals surface area (Å²) in [4.78, 5) is 18.7. The van der Waals surface area contributed by atoms with Crippen LogP contribution in [0.3, 0.4) is 0 Å². The van der Waals surface area contributed by atoms with Gasteiger partial charge < -0.3 is 25.0 Å². The van der Waals surface area contributed by atoms with Gasteiger partial charge in [0.1, 0.15) is 17.2 Å². The maximum atomic E-state index is 12.5. The van der Waals surface area contributed by atoms with Gasteiger partial charge in [-0.25, -0.2) is 0 Å². The molecule has 1 aliphatic rings. The topological polar surface area (TPSA) is 87.8 Å². The summed E-state index contributed by atoms with van der Waals surface area (Å²) in [7, 11) is 3.91. The van der Waals surface area contributed by atoms with E-state index in [0.717, 1.165) is 35.3 Å². The van der Waals surface area contributed by atoms with Gasteiger partial charge in [0.05, 0.1) is 6.10 Å². The Hall–Kier alpha value is -3.14. The largest absolute Gasteiger partial charge is 0.457 e. The summed E-state index contributed by atoms with van der Waals surface area (Å²) in [6.07, 6.45) is 3.55. The summed E-state index contributed by atoms with van der Waals surface area (Å²) in [5.74, 6) is 0.980. The number of hydrogen-bond acceptors (Lipinski definition) is 7. The number of anilines is 2. The van der Waals surface area contributed by atoms with Crippen LogP contribution < -0.4 is 25.6 Å². The van der Waals surface area contributed by atoms with E-state index in [1.54, 1.807) is 18.3 Å². The van der Waals surface area contributed by atoms with Crippen LogP contribution in [0.5, 0.6) is 11.5 Å². The van der Waals surface area contributed by atoms with Crippen LogP contribution in [0.15, 0.2) is 71.3 Å². The van der Waals surface area contributed by atoms with Crippen molar-refractivity contribution >= 4 is 33.2 Å². The number of pyridine rings is 1. The molecule has 4 rings (SSSR count). The third kappa shape index (κ3) is 6.94. The minimum atomic E-state index is -0.237. The van der Waals surface area contributed by atoms with Crippen molar-refractivity contribution in [3.63, 3.8) is 0 Å². The highest BCUT2D eigenvalue weighted by atomic mass is 79.9. The summed E-state index contributed by atoms with van der Waals surface area (Å²) < 4.78 is 12.6. The number of nitrogens with one attached hydrogen (secondary N) is 3. The molecular weight excluding hydrogens is 510 g/mol. The maximum Gasteiger partial charge on any atom is 0.270 e. The Morgan fingerprint density at radius 1 is 1.17 bits per heavy atom. The smallest absolute Gasteiger partial charge is 0.270 e. The Bertz CT molecular complexity index is 1100. The fourth-order valence-electron chi connectivity index (χ4n) is 3.80. The van der Waals surface area contributed by atoms with E-state index in [-0.39, 0.29) is 18.3 Å². The molecule has 3 aromatic rings. The maximum absolute atomic E-state index is 12.5. The molecule has 0 spiro atoms. The molecule has 3 N–H and O–H groups in total. The molecule has 8 nitrogen and oxygen atoms in total. The number of carbonyl (C=O) groups excluding carboxylic acids is 1. The zero-order valence-electron chi connectivity index (χ0n) is 19.8. The molecule has 9 heteroatoms. The van der Waals surface area contributed by atoms with E-state index in [0.29, 0.717) is 23.7 Å². The minimum absolute atomic E-state index is 0.0857. The molecule has 0 radical (unpaired) electrons. The molecule has 1 saturated heterocycles. The van der Waals surface area contributed by atoms with Gasteiger partial charge in [-0.3, -0.25) is 15.1 Å². The van der Waals surface area contributed by atoms with Gasteiger partial charge in [-0.05, 0) is 74.5 Å². The van der Waals surface area contributed by atoms with Crippen molar-refractivity contribution in [1.82, 2.24) is 15.6 Å². The van der Waals surface area contributed by atoms with Crippen LogP contribution in [0.25, 0.3) is 0 Å². The lowest BCUT2D eigenvalue weighted by atomic mass is 10.2. The SMILES string of the molecule is CNC(Nc1ccc(Br)cc1)N(C)c1ccc(Oc2ccnc(C(=O)NCC3CCCO3)c2)cc1. The predicted molar refractivity (Wildman–Crippen MR) is 141 cm³/mol. The van der Waals surface area contributed by atoms with Gasteiger partial charge in [0.2, 0.25) is 0 Å². The quantitative estimate of drug-likeness (QED) is 0.324. The molecule has 35 heavy (non-hydrogen) atoms. The third-order valence-corrected chi connectivity index (χ3v) is 6.30. The Balaban J connectivity index is 1.35. The molecular formula is C26H30BrN5O3. The van der Waals surface area contributed by atoms with Crippen molar-refractivity contribution in [1.29, 1.82) is 0 Å². The Morgan fingerprint density at radius 3 is 2.63 bits per heavy atom. The van der Waals surface area contributed by atoms with Crippen molar-refractivity contribution in [2.45, 2.75) is 25.2 Å². The average Bonchev–Trinajstić information content (AvgIpc) is 3.41. The number of hydrogen-bond donors (Lipinski definition) is 3. The van der Waals surface area contributed by atoms with Crippen LogP contribution in [-0.2, 0) is 4.74 Å². The van der Waals surface area contributed by atoms with Crippen molar-refractivity contribution in [3.8, 4) is 11.5 Å². The molecule has 0 bridgehead atoms. The first kappa shape index (κ1) is 25.0. The monoisotopic (exact) mass is 539 g/mol. The number of carbonyl (C=O) groups is 1. The lowest BCUT2D eigenvalue weighted by Gasteiger charge is -2.31. The Labute approximate surface area is 214 Å². The first-order valence-corrected chi connectivity index (χ1v) is 12.4. The van der Waals surface area contributed by atoms with Crippen LogP contribution in [0.1, 0.15) is 23.3 Å². The van der Waals surface area contributed by atoms with Crippen molar-refractivity contribution < 1.29 is 14.3 Å². The molecule has 1 aromatic heterocycles. The first-order chi connectivity index (χ1) is 17.0. The number of rotatable bonds is 10. The first-order valence-electron chi connectivity index (χ1n) is 11.6. The fourth-order valence-corrected chi connectivity index (χ4v) is 4.07. The van der Waals surface area contributed by atoms with E-state index in [2.05, 4.69) is 41.8 Å². The second-order valence-corrected chi connectivity index (χ2v) is 9.19. The van der Waals surface area contributed by atoms with Gasteiger partial charge >= 0.3 is 0 Å². The summed E-state index contributed by atoms with van der Waals surface area (Å²) in [6.45, 7) is 1.25. The fraction of sp³-hybridized carbons (Fsp3) is 0.308. The van der Waals surface area contributed by atoms with Crippen molar-refractivity contribution in [3.05, 3.63) is 77.0 Å². The predicted octanol–water partition coefficient (Wildman–Crippen LogP) is 4.60. The molecule has 2 aromatic carbocycles. The minimum Gasteiger partial charge on any atom is -0.457 e. The van der Waals surface area contributed by atoms with Crippen LogP contribution in [0, 0.1) is 0 Å². The molecule has 0 saturated carbocycles. The van der Waals surface area contributed by atoms with Crippen LogP contribution in [-0.4, -0.2) is 50.5 Å². The molecule has 184 valence electrons. The second-order valence-electron chi connectivity index (χ2n) is 8.27. The van der Waals surface area contributed by atoms with Crippen LogP contribution in [0.4, 0.5) is 11.4 Å². The summed E-state index contributed by atoms with van der Waals surface area (Å²) in [6, 6.07) is 19.2. The average molecular weight is 540 g/mol. The van der Waals surface area contributed by atoms with Gasteiger partial charge in [0.15, 0.2) is 6.29 Å². The van der Waals surface area contributed by atoms with E-state index in [1.807, 2.05) is 62.6 Å². The van der Waals surface area contributed by atoms with Crippen molar-refractivity contribution in [2.24, 2.45) is 0 Å². The summed E-state index contributed by atoms with van der Waals surface area (Å²) in [5, 5.41) is 9.63. The number of ether oxygens (including phenoxy) is 2. The summed E-state index contributed by atoms with van der Waals surface area (Å²) in [5.41, 5.74) is 2.32. The van der Waals surface area contributed by atoms with E-state index < -0.39 is 0 Å². The molecule has 2 unspecified atom stereocenters. The van der Waals surface area contributed by atoms with Crippen LogP contribution >= 0.6 is 15.9 Å². The highest BCUT2D eigenvalue weighted by molar-refractivity contribution is 9.10. The number of aromatic nitrogens is 1. The number of amides is 1. The lowest BCUT2D eigenvalue weighted by molar-refractivity contribution is 0.0853. The Kier molecular flexibility index (Phi) is 8.57. The number of halogens is 1. The zero-order valence-corrected chi connectivity index (χ0v) is 21.4. The van der Waals surface area contributed by atoms with Gasteiger partial charge in [-0.1, -0.05) is 15.9 Å². The molecule has 2 heterocycles. The van der Waals surface area contributed by atoms with E-state index in [1.165, 1.54) is 0 Å². The summed E-state index contributed by atoms with van der Waals surface area (Å²) >= 11 is 3.46. The van der Waals surface area contributed by atoms with E-state index in [4.69, 9.17) is 9.47 Å². The highest BCUT2D eigenvalue weighted by Gasteiger charge is 2.18. The van der Waals surface area contributed by atoms with Gasteiger partial charge in [-0.15, -0.1) is 0 Å². The zero-order chi connectivity index (χ0) is 24.6. The molecule has 1 aliphatic heterocycles. The highest BCUT2D eigenvalue weighted by Crippen LogP contribution is 2.25. The standard InChI is InChI=1S/C26H30BrN5O3/c1-28-26(31-19-7-5-18(27)6-8-19)32(2)20-9-11-21(12-10-20)35-22-13-14-29-24(16-22)25(33)30-17-23-4-3-15-34-23/h5-14,16,23,26,28,31H,3-4,15,17H2,1-2H3,(H,30,33). The molecule has 1 amide bonds. The van der Waals surface area contributed by atoms with Gasteiger partial charge in [0.25, 0.3) is 5.91 Å². The van der Waals surface area contributed by atoms with Crippen LogP contribution in [0.2, 0.25) is 0 Å². The molecule has 2 atom stereocenters. The van der Waals surface area contributed by atoms with Gasteiger partial charge in [-0.2, -0.15) is 0 Å².